The summed E-state index contributed by atoms with van der Waals surface area (Å²) in [6.45, 7) is 3.20. The van der Waals surface area contributed by atoms with E-state index in [-0.39, 0.29) is 12.1 Å². The highest BCUT2D eigenvalue weighted by molar-refractivity contribution is 5.90. The number of anilines is 1. The number of aromatic nitrogens is 2. The van der Waals surface area contributed by atoms with Crippen LogP contribution in [-0.2, 0) is 0 Å². The minimum Gasteiger partial charge on any atom is -0.472 e. The minimum absolute atomic E-state index is 0.0301. The van der Waals surface area contributed by atoms with Gasteiger partial charge in [0.2, 0.25) is 5.88 Å². The monoisotopic (exact) mass is 298 g/mol. The van der Waals surface area contributed by atoms with Crippen molar-refractivity contribution in [1.82, 2.24) is 14.9 Å². The molecular weight excluding hydrogens is 280 g/mol. The van der Waals surface area contributed by atoms with Crippen LogP contribution in [0.4, 0.5) is 10.5 Å². The van der Waals surface area contributed by atoms with Gasteiger partial charge in [-0.15, -0.1) is 0 Å². The quantitative estimate of drug-likeness (QED) is 0.945. The largest absolute Gasteiger partial charge is 0.472 e. The van der Waals surface area contributed by atoms with Crippen LogP contribution >= 0.6 is 0 Å². The summed E-state index contributed by atoms with van der Waals surface area (Å²) < 4.78 is 5.76. The molecule has 2 aromatic rings. The van der Waals surface area contributed by atoms with Gasteiger partial charge in [0.05, 0.1) is 6.54 Å². The molecule has 0 saturated carbocycles. The summed E-state index contributed by atoms with van der Waals surface area (Å²) in [4.78, 5) is 22.0. The third kappa shape index (κ3) is 3.33. The second-order valence-electron chi connectivity index (χ2n) is 5.27. The van der Waals surface area contributed by atoms with Crippen molar-refractivity contribution >= 4 is 11.7 Å². The molecule has 114 valence electrons. The number of hydrogen-bond acceptors (Lipinski definition) is 4. The number of para-hydroxylation sites is 1. The first-order valence-corrected chi connectivity index (χ1v) is 7.26. The zero-order chi connectivity index (χ0) is 15.4. The van der Waals surface area contributed by atoms with Crippen LogP contribution in [0.3, 0.4) is 0 Å². The van der Waals surface area contributed by atoms with E-state index in [2.05, 4.69) is 15.3 Å². The third-order valence-electron chi connectivity index (χ3n) is 3.66. The SMILES string of the molecule is Cc1ccccc1NC(=O)N1CC[C@@H](Oc2ccncn2)C1. The van der Waals surface area contributed by atoms with Gasteiger partial charge < -0.3 is 15.0 Å². The summed E-state index contributed by atoms with van der Waals surface area (Å²) in [5.74, 6) is 0.543. The molecule has 1 aliphatic heterocycles. The first-order valence-electron chi connectivity index (χ1n) is 7.26. The Morgan fingerprint density at radius 1 is 1.36 bits per heavy atom. The molecule has 1 saturated heterocycles. The van der Waals surface area contributed by atoms with Gasteiger partial charge in [-0.3, -0.25) is 0 Å². The zero-order valence-corrected chi connectivity index (χ0v) is 12.4. The van der Waals surface area contributed by atoms with E-state index in [0.717, 1.165) is 17.7 Å². The van der Waals surface area contributed by atoms with Crippen LogP contribution < -0.4 is 10.1 Å². The van der Waals surface area contributed by atoms with E-state index in [1.165, 1.54) is 6.33 Å². The van der Waals surface area contributed by atoms with Crippen molar-refractivity contribution in [1.29, 1.82) is 0 Å². The third-order valence-corrected chi connectivity index (χ3v) is 3.66. The molecular formula is C16H18N4O2. The molecule has 3 rings (SSSR count). The molecule has 1 aliphatic rings. The zero-order valence-electron chi connectivity index (χ0n) is 12.4. The number of carbonyl (C=O) groups is 1. The summed E-state index contributed by atoms with van der Waals surface area (Å²) in [7, 11) is 0. The maximum absolute atomic E-state index is 12.3. The average molecular weight is 298 g/mol. The average Bonchev–Trinajstić information content (AvgIpc) is 2.99. The van der Waals surface area contributed by atoms with Crippen molar-refractivity contribution in [3.8, 4) is 5.88 Å². The fourth-order valence-electron chi connectivity index (χ4n) is 2.44. The van der Waals surface area contributed by atoms with Crippen molar-refractivity contribution in [3.63, 3.8) is 0 Å². The van der Waals surface area contributed by atoms with Crippen LogP contribution in [0, 0.1) is 6.92 Å². The number of carbonyl (C=O) groups excluding carboxylic acids is 1. The molecule has 6 nitrogen and oxygen atoms in total. The number of hydrogen-bond donors (Lipinski definition) is 1. The summed E-state index contributed by atoms with van der Waals surface area (Å²) in [6.07, 6.45) is 3.86. The van der Waals surface area contributed by atoms with Crippen LogP contribution in [0.25, 0.3) is 0 Å². The van der Waals surface area contributed by atoms with Crippen molar-refractivity contribution < 1.29 is 9.53 Å². The number of rotatable bonds is 3. The van der Waals surface area contributed by atoms with Gasteiger partial charge in [0.15, 0.2) is 0 Å². The smallest absolute Gasteiger partial charge is 0.321 e. The van der Waals surface area contributed by atoms with Crippen LogP contribution in [0.2, 0.25) is 0 Å². The van der Waals surface area contributed by atoms with E-state index in [9.17, 15) is 4.79 Å². The Hall–Kier alpha value is -2.63. The molecule has 1 aromatic heterocycles. The molecule has 0 radical (unpaired) electrons. The van der Waals surface area contributed by atoms with Crippen LogP contribution in [0.5, 0.6) is 5.88 Å². The van der Waals surface area contributed by atoms with Crippen molar-refractivity contribution in [2.45, 2.75) is 19.4 Å². The highest BCUT2D eigenvalue weighted by Crippen LogP contribution is 2.18. The lowest BCUT2D eigenvalue weighted by Crippen LogP contribution is -2.34. The van der Waals surface area contributed by atoms with Gasteiger partial charge in [-0.25, -0.2) is 14.8 Å². The molecule has 2 heterocycles. The minimum atomic E-state index is -0.0944. The van der Waals surface area contributed by atoms with Crippen LogP contribution in [0.15, 0.2) is 42.9 Å². The maximum atomic E-state index is 12.3. The van der Waals surface area contributed by atoms with Crippen molar-refractivity contribution in [3.05, 3.63) is 48.4 Å². The summed E-state index contributed by atoms with van der Waals surface area (Å²) >= 11 is 0. The topological polar surface area (TPSA) is 67.4 Å². The predicted octanol–water partition coefficient (Wildman–Crippen LogP) is 2.47. The van der Waals surface area contributed by atoms with Gasteiger partial charge in [0.25, 0.3) is 0 Å². The summed E-state index contributed by atoms with van der Waals surface area (Å²) in [5, 5.41) is 2.94. The van der Waals surface area contributed by atoms with E-state index >= 15 is 0 Å². The predicted molar refractivity (Wildman–Crippen MR) is 82.8 cm³/mol. The molecule has 6 heteroatoms. The second-order valence-corrected chi connectivity index (χ2v) is 5.27. The lowest BCUT2D eigenvalue weighted by molar-refractivity contribution is 0.189. The first-order chi connectivity index (χ1) is 10.7. The lowest BCUT2D eigenvalue weighted by Gasteiger charge is -2.18. The van der Waals surface area contributed by atoms with Gasteiger partial charge in [-0.05, 0) is 18.6 Å². The molecule has 2 amide bonds. The lowest BCUT2D eigenvalue weighted by atomic mass is 10.2. The number of amides is 2. The van der Waals surface area contributed by atoms with Crippen molar-refractivity contribution in [2.24, 2.45) is 0 Å². The number of nitrogens with zero attached hydrogens (tertiary/aromatic N) is 3. The van der Waals surface area contributed by atoms with E-state index in [1.807, 2.05) is 31.2 Å². The standard InChI is InChI=1S/C16H18N4O2/c1-12-4-2-3-5-14(12)19-16(21)20-9-7-13(10-20)22-15-6-8-17-11-18-15/h2-6,8,11,13H,7,9-10H2,1H3,(H,19,21)/t13-/m1/s1. The molecule has 1 atom stereocenters. The number of urea groups is 1. The highest BCUT2D eigenvalue weighted by Gasteiger charge is 2.28. The molecule has 1 aromatic carbocycles. The van der Waals surface area contributed by atoms with E-state index in [1.54, 1.807) is 17.2 Å². The van der Waals surface area contributed by atoms with Crippen molar-refractivity contribution in [2.75, 3.05) is 18.4 Å². The molecule has 0 spiro atoms. The highest BCUT2D eigenvalue weighted by atomic mass is 16.5. The van der Waals surface area contributed by atoms with Crippen LogP contribution in [-0.4, -0.2) is 40.1 Å². The number of aryl methyl sites for hydroxylation is 1. The molecule has 1 fully saturated rings. The second kappa shape index (κ2) is 6.43. The van der Waals surface area contributed by atoms with Gasteiger partial charge in [0.1, 0.15) is 12.4 Å². The van der Waals surface area contributed by atoms with Gasteiger partial charge in [0, 0.05) is 30.9 Å². The van der Waals surface area contributed by atoms with E-state index < -0.39 is 0 Å². The summed E-state index contributed by atoms with van der Waals surface area (Å²) in [5.41, 5.74) is 1.89. The van der Waals surface area contributed by atoms with E-state index in [4.69, 9.17) is 4.74 Å². The Morgan fingerprint density at radius 3 is 3.00 bits per heavy atom. The normalized spacial score (nSPS) is 17.3. The van der Waals surface area contributed by atoms with Gasteiger partial charge in [-0.1, -0.05) is 18.2 Å². The Labute approximate surface area is 129 Å². The van der Waals surface area contributed by atoms with Crippen LogP contribution in [0.1, 0.15) is 12.0 Å². The maximum Gasteiger partial charge on any atom is 0.321 e. The molecule has 1 N–H and O–H groups in total. The fraction of sp³-hybridized carbons (Fsp3) is 0.312. The number of ether oxygens (including phenoxy) is 1. The molecule has 0 bridgehead atoms. The van der Waals surface area contributed by atoms with Gasteiger partial charge >= 0.3 is 6.03 Å². The Kier molecular flexibility index (Phi) is 4.18. The molecule has 22 heavy (non-hydrogen) atoms. The molecule has 0 aliphatic carbocycles. The Morgan fingerprint density at radius 2 is 2.23 bits per heavy atom. The number of nitrogens with one attached hydrogen (secondary N) is 1. The van der Waals surface area contributed by atoms with Gasteiger partial charge in [-0.2, -0.15) is 0 Å². The number of benzene rings is 1. The first kappa shape index (κ1) is 14.3. The number of likely N-dealkylation sites (tertiary alicyclic amines) is 1. The fourth-order valence-corrected chi connectivity index (χ4v) is 2.44. The molecule has 0 unspecified atom stereocenters. The van der Waals surface area contributed by atoms with E-state index in [0.29, 0.717) is 19.0 Å². The summed E-state index contributed by atoms with van der Waals surface area (Å²) in [6, 6.07) is 9.36. The Balaban J connectivity index is 1.56. The Bertz CT molecular complexity index is 648.